The number of pyridine rings is 1. The molecule has 25 heavy (non-hydrogen) atoms. The van der Waals surface area contributed by atoms with Gasteiger partial charge in [0.15, 0.2) is 5.78 Å². The lowest BCUT2D eigenvalue weighted by Crippen LogP contribution is -2.28. The van der Waals surface area contributed by atoms with Crippen LogP contribution in [0, 0.1) is 26.7 Å². The summed E-state index contributed by atoms with van der Waals surface area (Å²) < 4.78 is 1.57. The Morgan fingerprint density at radius 1 is 0.960 bits per heavy atom. The molecule has 1 aromatic rings. The monoisotopic (exact) mass is 347 g/mol. The number of carbonyl (C=O) groups excluding carboxylic acids is 1. The van der Waals surface area contributed by atoms with Crippen molar-refractivity contribution < 1.29 is 4.79 Å². The lowest BCUT2D eigenvalue weighted by atomic mass is 9.88. The highest BCUT2D eigenvalue weighted by molar-refractivity contribution is 6.05. The molecular weight excluding hydrogens is 310 g/mol. The fourth-order valence-electron chi connectivity index (χ4n) is 3.11. The number of ketones is 1. The Bertz CT molecular complexity index is 632. The van der Waals surface area contributed by atoms with E-state index in [4.69, 9.17) is 0 Å². The van der Waals surface area contributed by atoms with Crippen LogP contribution in [0.25, 0.3) is 0 Å². The summed E-state index contributed by atoms with van der Waals surface area (Å²) in [6.45, 7) is 13.7. The molecule has 0 N–H and O–H groups in total. The van der Waals surface area contributed by atoms with Crippen LogP contribution < -0.4 is 5.56 Å². The van der Waals surface area contributed by atoms with E-state index in [9.17, 15) is 9.59 Å². The average molecular weight is 348 g/mol. The van der Waals surface area contributed by atoms with E-state index in [1.54, 1.807) is 17.7 Å². The minimum Gasteiger partial charge on any atom is -0.315 e. The Morgan fingerprint density at radius 3 is 2.00 bits per heavy atom. The molecule has 3 nitrogen and oxygen atoms in total. The maximum atomic E-state index is 12.4. The van der Waals surface area contributed by atoms with Crippen LogP contribution in [-0.4, -0.2) is 10.4 Å². The summed E-state index contributed by atoms with van der Waals surface area (Å²) >= 11 is 0. The van der Waals surface area contributed by atoms with Gasteiger partial charge in [-0.25, -0.2) is 0 Å². The summed E-state index contributed by atoms with van der Waals surface area (Å²) in [6, 6.07) is 0. The van der Waals surface area contributed by atoms with E-state index in [0.717, 1.165) is 29.7 Å². The predicted octanol–water partition coefficient (Wildman–Crippen LogP) is 5.68. The van der Waals surface area contributed by atoms with Gasteiger partial charge in [0.1, 0.15) is 0 Å². The van der Waals surface area contributed by atoms with Crippen molar-refractivity contribution in [2.75, 3.05) is 0 Å². The van der Waals surface area contributed by atoms with Crippen LogP contribution in [0.5, 0.6) is 0 Å². The molecule has 142 valence electrons. The predicted molar refractivity (Wildman–Crippen MR) is 109 cm³/mol. The number of aromatic nitrogens is 1. The number of nitrogens with zero attached hydrogens (tertiary/aromatic N) is 1. The zero-order chi connectivity index (χ0) is 19.6. The van der Waals surface area contributed by atoms with Crippen molar-refractivity contribution >= 4 is 5.78 Å². The molecule has 1 heterocycles. The van der Waals surface area contributed by atoms with Crippen molar-refractivity contribution in [1.82, 2.24) is 4.57 Å². The van der Waals surface area contributed by atoms with E-state index in [2.05, 4.69) is 0 Å². The number of carbonyl (C=O) groups is 1. The van der Waals surface area contributed by atoms with E-state index in [1.807, 2.05) is 54.5 Å². The number of hydrogen-bond acceptors (Lipinski definition) is 2. The number of hydrogen-bond donors (Lipinski definition) is 0. The quantitative estimate of drug-likeness (QED) is 0.521. The topological polar surface area (TPSA) is 39.1 Å². The van der Waals surface area contributed by atoms with Crippen molar-refractivity contribution in [1.29, 1.82) is 0 Å². The van der Waals surface area contributed by atoms with E-state index in [0.29, 0.717) is 11.5 Å². The molecule has 0 amide bonds. The van der Waals surface area contributed by atoms with Gasteiger partial charge in [0, 0.05) is 12.7 Å². The Kier molecular flexibility index (Phi) is 11.1. The van der Waals surface area contributed by atoms with Gasteiger partial charge >= 0.3 is 0 Å². The normalized spacial score (nSPS) is 14.4. The molecule has 0 aliphatic heterocycles. The summed E-state index contributed by atoms with van der Waals surface area (Å²) in [7, 11) is 1.73. The molecular formula is C22H37NO2. The third-order valence-electron chi connectivity index (χ3n) is 4.92. The molecule has 0 bridgehead atoms. The first-order chi connectivity index (χ1) is 11.9. The fourth-order valence-corrected chi connectivity index (χ4v) is 3.11. The van der Waals surface area contributed by atoms with Crippen LogP contribution in [0.2, 0.25) is 0 Å². The second kappa shape index (κ2) is 11.8. The highest BCUT2D eigenvalue weighted by atomic mass is 16.1. The smallest absolute Gasteiger partial charge is 0.261 e. The Labute approximate surface area is 154 Å². The third-order valence-corrected chi connectivity index (χ3v) is 4.92. The molecule has 0 spiro atoms. The van der Waals surface area contributed by atoms with Gasteiger partial charge in [-0.05, 0) is 56.7 Å². The maximum Gasteiger partial charge on any atom is 0.261 e. The van der Waals surface area contributed by atoms with Crippen molar-refractivity contribution in [2.24, 2.45) is 13.0 Å². The van der Waals surface area contributed by atoms with Gasteiger partial charge in [-0.1, -0.05) is 53.0 Å². The third kappa shape index (κ3) is 5.98. The summed E-state index contributed by atoms with van der Waals surface area (Å²) in [5.41, 5.74) is 2.90. The van der Waals surface area contributed by atoms with Gasteiger partial charge < -0.3 is 4.57 Å². The molecule has 0 unspecified atom stereocenters. The van der Waals surface area contributed by atoms with Gasteiger partial charge in [0.2, 0.25) is 0 Å². The molecule has 1 aromatic heterocycles. The summed E-state index contributed by atoms with van der Waals surface area (Å²) in [5, 5.41) is 0. The van der Waals surface area contributed by atoms with E-state index in [1.165, 1.54) is 19.3 Å². The largest absolute Gasteiger partial charge is 0.315 e. The summed E-state index contributed by atoms with van der Waals surface area (Å²) in [6.07, 6.45) is 9.74. The van der Waals surface area contributed by atoms with Gasteiger partial charge in [-0.15, -0.1) is 0 Å². The molecule has 1 aliphatic rings. The first-order valence-corrected chi connectivity index (χ1v) is 9.82. The molecule has 1 fully saturated rings. The standard InChI is InChI=1S/C18H25NO2.2C2H6/c1-12-13(2)17(18(21)19(4)14(12)3)16(20)11-10-15-8-6-5-7-9-15;2*1-2/h10-11,15H,5-9H2,1-4H3;2*1-2H3/b11-10+;;. The number of rotatable bonds is 3. The second-order valence-electron chi connectivity index (χ2n) is 6.20. The average Bonchev–Trinajstić information content (AvgIpc) is 2.67. The van der Waals surface area contributed by atoms with Crippen LogP contribution in [0.4, 0.5) is 0 Å². The molecule has 3 heteroatoms. The second-order valence-corrected chi connectivity index (χ2v) is 6.20. The molecule has 0 atom stereocenters. The fraction of sp³-hybridized carbons (Fsp3) is 0.636. The van der Waals surface area contributed by atoms with Gasteiger partial charge in [0.05, 0.1) is 5.56 Å². The minimum atomic E-state index is -0.186. The summed E-state index contributed by atoms with van der Waals surface area (Å²) in [5.74, 6) is 0.347. The van der Waals surface area contributed by atoms with Gasteiger partial charge in [-0.2, -0.15) is 0 Å². The van der Waals surface area contributed by atoms with Crippen LogP contribution in [0.1, 0.15) is 87.0 Å². The van der Waals surface area contributed by atoms with Gasteiger partial charge in [-0.3, -0.25) is 9.59 Å². The van der Waals surface area contributed by atoms with Crippen molar-refractivity contribution in [3.63, 3.8) is 0 Å². The van der Waals surface area contributed by atoms with Crippen LogP contribution in [0.15, 0.2) is 16.9 Å². The highest BCUT2D eigenvalue weighted by Crippen LogP contribution is 2.24. The SMILES string of the molecule is CC.CC.Cc1c(C)c(C)n(C)c(=O)c1C(=O)/C=C/C1CCCCC1. The number of allylic oxidation sites excluding steroid dienone is 2. The van der Waals surface area contributed by atoms with E-state index in [-0.39, 0.29) is 11.3 Å². The molecule has 0 radical (unpaired) electrons. The summed E-state index contributed by atoms with van der Waals surface area (Å²) in [4.78, 5) is 24.8. The first kappa shape index (κ1) is 23.4. The Hall–Kier alpha value is -1.64. The Morgan fingerprint density at radius 2 is 1.48 bits per heavy atom. The minimum absolute atomic E-state index is 0.151. The lowest BCUT2D eigenvalue weighted by Gasteiger charge is -2.17. The molecule has 2 rings (SSSR count). The molecule has 1 saturated carbocycles. The lowest BCUT2D eigenvalue weighted by molar-refractivity contribution is 0.104. The zero-order valence-electron chi connectivity index (χ0n) is 17.5. The van der Waals surface area contributed by atoms with Crippen LogP contribution in [0.3, 0.4) is 0 Å². The van der Waals surface area contributed by atoms with Gasteiger partial charge in [0.25, 0.3) is 5.56 Å². The van der Waals surface area contributed by atoms with E-state index >= 15 is 0 Å². The molecule has 0 aromatic carbocycles. The van der Waals surface area contributed by atoms with Crippen molar-refractivity contribution in [3.8, 4) is 0 Å². The zero-order valence-corrected chi connectivity index (χ0v) is 17.5. The van der Waals surface area contributed by atoms with Crippen molar-refractivity contribution in [2.45, 2.75) is 80.6 Å². The van der Waals surface area contributed by atoms with Crippen LogP contribution >= 0.6 is 0 Å². The molecule has 0 saturated heterocycles. The van der Waals surface area contributed by atoms with Crippen LogP contribution in [-0.2, 0) is 7.05 Å². The maximum absolute atomic E-state index is 12.4. The Balaban J connectivity index is 0.00000134. The first-order valence-electron chi connectivity index (χ1n) is 9.82. The highest BCUT2D eigenvalue weighted by Gasteiger charge is 2.18. The van der Waals surface area contributed by atoms with E-state index < -0.39 is 0 Å². The molecule has 1 aliphatic carbocycles. The van der Waals surface area contributed by atoms with Crippen molar-refractivity contribution in [3.05, 3.63) is 44.9 Å².